The smallest absolute Gasteiger partial charge is 0.258 e. The van der Waals surface area contributed by atoms with E-state index < -0.39 is 6.23 Å². The average molecular weight is 331 g/mol. The Kier molecular flexibility index (Phi) is 4.09. The molecule has 4 rings (SSSR count). The molecule has 4 nitrogen and oxygen atoms in total. The number of benzene rings is 3. The number of para-hydroxylation sites is 1. The third kappa shape index (κ3) is 3.33. The number of amides is 1. The number of nitrogens with one attached hydrogen (secondary N) is 1. The number of carbonyl (C=O) groups excluding carboxylic acids is 1. The van der Waals surface area contributed by atoms with Crippen molar-refractivity contribution in [3.05, 3.63) is 95.6 Å². The van der Waals surface area contributed by atoms with E-state index in [1.165, 1.54) is 0 Å². The molecule has 25 heavy (non-hydrogen) atoms. The molecule has 3 aromatic carbocycles. The molecule has 0 radical (unpaired) electrons. The fourth-order valence-corrected chi connectivity index (χ4v) is 2.77. The Hall–Kier alpha value is -3.27. The lowest BCUT2D eigenvalue weighted by Gasteiger charge is -2.27. The van der Waals surface area contributed by atoms with Crippen LogP contribution >= 0.6 is 0 Å². The fraction of sp³-hybridized carbons (Fsp3) is 0.0952. The summed E-state index contributed by atoms with van der Waals surface area (Å²) in [7, 11) is 0. The lowest BCUT2D eigenvalue weighted by atomic mass is 10.1. The van der Waals surface area contributed by atoms with Crippen molar-refractivity contribution in [1.82, 2.24) is 5.32 Å². The van der Waals surface area contributed by atoms with E-state index in [0.717, 1.165) is 16.9 Å². The van der Waals surface area contributed by atoms with Crippen LogP contribution in [0.15, 0.2) is 78.9 Å². The average Bonchev–Trinajstić information content (AvgIpc) is 2.67. The molecule has 1 amide bonds. The summed E-state index contributed by atoms with van der Waals surface area (Å²) < 4.78 is 11.8. The summed E-state index contributed by atoms with van der Waals surface area (Å²) in [5.74, 6) is 1.19. The van der Waals surface area contributed by atoms with E-state index >= 15 is 0 Å². The highest BCUT2D eigenvalue weighted by Gasteiger charge is 2.26. The minimum atomic E-state index is -0.525. The molecule has 1 aliphatic rings. The maximum Gasteiger partial charge on any atom is 0.258 e. The molecular weight excluding hydrogens is 314 g/mol. The van der Waals surface area contributed by atoms with E-state index in [1.54, 1.807) is 12.1 Å². The summed E-state index contributed by atoms with van der Waals surface area (Å²) in [5.41, 5.74) is 2.49. The molecule has 1 N–H and O–H groups in total. The molecule has 0 unspecified atom stereocenters. The molecule has 4 heteroatoms. The van der Waals surface area contributed by atoms with Crippen LogP contribution in [-0.2, 0) is 6.61 Å². The maximum absolute atomic E-state index is 12.2. The Morgan fingerprint density at radius 3 is 2.60 bits per heavy atom. The van der Waals surface area contributed by atoms with Crippen molar-refractivity contribution < 1.29 is 14.3 Å². The van der Waals surface area contributed by atoms with Crippen molar-refractivity contribution in [2.75, 3.05) is 0 Å². The summed E-state index contributed by atoms with van der Waals surface area (Å²) in [6, 6.07) is 24.8. The highest BCUT2D eigenvalue weighted by molar-refractivity contribution is 5.97. The zero-order chi connectivity index (χ0) is 17.1. The molecule has 0 fully saturated rings. The zero-order valence-corrected chi connectivity index (χ0v) is 13.5. The molecule has 0 saturated carbocycles. The van der Waals surface area contributed by atoms with Crippen LogP contribution in [0, 0.1) is 0 Å². The number of hydrogen-bond acceptors (Lipinski definition) is 3. The first-order chi connectivity index (χ1) is 12.3. The third-order valence-corrected chi connectivity index (χ3v) is 4.05. The van der Waals surface area contributed by atoms with Gasteiger partial charge in [0.05, 0.1) is 5.56 Å². The summed E-state index contributed by atoms with van der Waals surface area (Å²) in [4.78, 5) is 12.2. The van der Waals surface area contributed by atoms with E-state index in [2.05, 4.69) is 5.32 Å². The zero-order valence-electron chi connectivity index (χ0n) is 13.5. The van der Waals surface area contributed by atoms with Gasteiger partial charge in [-0.1, -0.05) is 54.6 Å². The Labute approximate surface area is 146 Å². The van der Waals surface area contributed by atoms with Crippen molar-refractivity contribution in [3.63, 3.8) is 0 Å². The van der Waals surface area contributed by atoms with Crippen LogP contribution < -0.4 is 14.8 Å². The van der Waals surface area contributed by atoms with Crippen LogP contribution in [0.2, 0.25) is 0 Å². The van der Waals surface area contributed by atoms with Crippen LogP contribution in [0.3, 0.4) is 0 Å². The fourth-order valence-electron chi connectivity index (χ4n) is 2.77. The van der Waals surface area contributed by atoms with Gasteiger partial charge in [-0.15, -0.1) is 0 Å². The predicted octanol–water partition coefficient (Wildman–Crippen LogP) is 4.09. The van der Waals surface area contributed by atoms with Crippen molar-refractivity contribution in [3.8, 4) is 11.5 Å². The molecule has 0 spiro atoms. The first kappa shape index (κ1) is 15.3. The van der Waals surface area contributed by atoms with Gasteiger partial charge in [0.1, 0.15) is 18.1 Å². The van der Waals surface area contributed by atoms with E-state index in [9.17, 15) is 4.79 Å². The van der Waals surface area contributed by atoms with Gasteiger partial charge in [-0.2, -0.15) is 0 Å². The summed E-state index contributed by atoms with van der Waals surface area (Å²) >= 11 is 0. The quantitative estimate of drug-likeness (QED) is 0.783. The van der Waals surface area contributed by atoms with Crippen LogP contribution in [-0.4, -0.2) is 5.91 Å². The van der Waals surface area contributed by atoms with Crippen molar-refractivity contribution in [2.24, 2.45) is 0 Å². The van der Waals surface area contributed by atoms with Gasteiger partial charge in [0, 0.05) is 5.56 Å². The van der Waals surface area contributed by atoms with Gasteiger partial charge in [0.25, 0.3) is 5.91 Å². The highest BCUT2D eigenvalue weighted by atomic mass is 16.5. The molecule has 1 aliphatic heterocycles. The maximum atomic E-state index is 12.2. The molecule has 0 bridgehead atoms. The van der Waals surface area contributed by atoms with Gasteiger partial charge in [0.2, 0.25) is 0 Å². The Balaban J connectivity index is 1.51. The molecule has 0 saturated heterocycles. The standard InChI is InChI=1S/C21H17NO3/c23-20-18-11-4-5-12-19(18)25-21(22-20)16-9-6-10-17(13-16)24-14-15-7-2-1-3-8-15/h1-13,21H,14H2,(H,22,23)/t21-/m1/s1. The largest absolute Gasteiger partial charge is 0.489 e. The van der Waals surface area contributed by atoms with E-state index in [-0.39, 0.29) is 5.91 Å². The molecule has 0 aliphatic carbocycles. The Bertz CT molecular complexity index is 892. The van der Waals surface area contributed by atoms with Crippen LogP contribution in [0.5, 0.6) is 11.5 Å². The van der Waals surface area contributed by atoms with Gasteiger partial charge in [0.15, 0.2) is 6.23 Å². The van der Waals surface area contributed by atoms with Crippen molar-refractivity contribution in [2.45, 2.75) is 12.8 Å². The molecule has 3 aromatic rings. The second kappa shape index (κ2) is 6.69. The van der Waals surface area contributed by atoms with Crippen LogP contribution in [0.4, 0.5) is 0 Å². The Morgan fingerprint density at radius 2 is 1.72 bits per heavy atom. The van der Waals surface area contributed by atoms with E-state index in [0.29, 0.717) is 17.9 Å². The molecule has 124 valence electrons. The van der Waals surface area contributed by atoms with Gasteiger partial charge in [-0.3, -0.25) is 4.79 Å². The summed E-state index contributed by atoms with van der Waals surface area (Å²) in [6.45, 7) is 0.491. The summed E-state index contributed by atoms with van der Waals surface area (Å²) in [6.07, 6.45) is -0.525. The highest BCUT2D eigenvalue weighted by Crippen LogP contribution is 2.30. The van der Waals surface area contributed by atoms with Crippen molar-refractivity contribution >= 4 is 5.91 Å². The molecule has 1 atom stereocenters. The second-order valence-electron chi connectivity index (χ2n) is 5.81. The molecular formula is C21H17NO3. The number of ether oxygens (including phenoxy) is 2. The first-order valence-corrected chi connectivity index (χ1v) is 8.13. The Morgan fingerprint density at radius 1 is 0.920 bits per heavy atom. The summed E-state index contributed by atoms with van der Waals surface area (Å²) in [5, 5.41) is 2.87. The van der Waals surface area contributed by atoms with Gasteiger partial charge in [-0.05, 0) is 29.8 Å². The lowest BCUT2D eigenvalue weighted by molar-refractivity contribution is 0.0755. The van der Waals surface area contributed by atoms with Crippen LogP contribution in [0.1, 0.15) is 27.7 Å². The normalized spacial score (nSPS) is 15.7. The van der Waals surface area contributed by atoms with E-state index in [1.807, 2.05) is 66.7 Å². The molecule has 1 heterocycles. The number of carbonyl (C=O) groups is 1. The topological polar surface area (TPSA) is 47.6 Å². The van der Waals surface area contributed by atoms with Gasteiger partial charge < -0.3 is 14.8 Å². The first-order valence-electron chi connectivity index (χ1n) is 8.13. The number of rotatable bonds is 4. The van der Waals surface area contributed by atoms with E-state index in [4.69, 9.17) is 9.47 Å². The minimum absolute atomic E-state index is 0.137. The minimum Gasteiger partial charge on any atom is -0.489 e. The van der Waals surface area contributed by atoms with Crippen molar-refractivity contribution in [1.29, 1.82) is 0 Å². The SMILES string of the molecule is O=C1N[C@@H](c2cccc(OCc3ccccc3)c2)Oc2ccccc21. The molecule has 0 aromatic heterocycles. The monoisotopic (exact) mass is 331 g/mol. The number of fused-ring (bicyclic) bond motifs is 1. The van der Waals surface area contributed by atoms with Crippen LogP contribution in [0.25, 0.3) is 0 Å². The predicted molar refractivity (Wildman–Crippen MR) is 94.5 cm³/mol. The second-order valence-corrected chi connectivity index (χ2v) is 5.81. The van der Waals surface area contributed by atoms with Gasteiger partial charge >= 0.3 is 0 Å². The third-order valence-electron chi connectivity index (χ3n) is 4.05. The number of hydrogen-bond donors (Lipinski definition) is 1. The van der Waals surface area contributed by atoms with Gasteiger partial charge in [-0.25, -0.2) is 0 Å². The lowest BCUT2D eigenvalue weighted by Crippen LogP contribution is -2.36.